The van der Waals surface area contributed by atoms with Gasteiger partial charge in [-0.1, -0.05) is 24.5 Å². The Labute approximate surface area is 182 Å². The predicted molar refractivity (Wildman–Crippen MR) is 116 cm³/mol. The van der Waals surface area contributed by atoms with Crippen LogP contribution in [-0.2, 0) is 13.6 Å². The van der Waals surface area contributed by atoms with Gasteiger partial charge < -0.3 is 15.0 Å². The highest BCUT2D eigenvalue weighted by molar-refractivity contribution is 5.74. The second-order valence-corrected chi connectivity index (χ2v) is 8.74. The van der Waals surface area contributed by atoms with E-state index in [4.69, 9.17) is 4.74 Å². The number of urea groups is 1. The number of nitrogens with one attached hydrogen (secondary N) is 1. The van der Waals surface area contributed by atoms with E-state index in [2.05, 4.69) is 15.6 Å². The van der Waals surface area contributed by atoms with Crippen molar-refractivity contribution in [2.75, 3.05) is 7.05 Å². The quantitative estimate of drug-likeness (QED) is 0.738. The zero-order chi connectivity index (χ0) is 21.8. The number of carbonyl (C=O) groups is 1. The van der Waals surface area contributed by atoms with Gasteiger partial charge in [0.1, 0.15) is 5.69 Å². The summed E-state index contributed by atoms with van der Waals surface area (Å²) in [6.07, 6.45) is 9.98. The molecule has 0 saturated heterocycles. The van der Waals surface area contributed by atoms with Crippen LogP contribution < -0.4 is 10.1 Å². The van der Waals surface area contributed by atoms with Crippen LogP contribution in [0.4, 0.5) is 9.18 Å². The Morgan fingerprint density at radius 3 is 2.61 bits per heavy atom. The van der Waals surface area contributed by atoms with Crippen LogP contribution in [0.25, 0.3) is 11.3 Å². The van der Waals surface area contributed by atoms with Gasteiger partial charge in [-0.15, -0.1) is 5.10 Å². The molecule has 4 rings (SSSR count). The molecule has 2 aromatic rings. The Kier molecular flexibility index (Phi) is 6.73. The van der Waals surface area contributed by atoms with Crippen LogP contribution in [0.5, 0.6) is 5.75 Å². The van der Waals surface area contributed by atoms with Crippen molar-refractivity contribution in [3.05, 3.63) is 29.7 Å². The van der Waals surface area contributed by atoms with Gasteiger partial charge in [0.05, 0.1) is 18.3 Å². The molecule has 0 spiro atoms. The second-order valence-electron chi connectivity index (χ2n) is 8.74. The molecule has 0 atom stereocenters. The predicted octanol–water partition coefficient (Wildman–Crippen LogP) is 4.42. The highest BCUT2D eigenvalue weighted by Crippen LogP contribution is 2.29. The molecular formula is C23H32FN5O2. The maximum atomic E-state index is 14.8. The summed E-state index contributed by atoms with van der Waals surface area (Å²) in [6.45, 7) is 0.274. The highest BCUT2D eigenvalue weighted by Gasteiger charge is 2.24. The lowest BCUT2D eigenvalue weighted by atomic mass is 9.98. The van der Waals surface area contributed by atoms with Crippen LogP contribution in [0.3, 0.4) is 0 Å². The minimum Gasteiger partial charge on any atom is -0.487 e. The lowest BCUT2D eigenvalue weighted by molar-refractivity contribution is 0.149. The zero-order valence-electron chi connectivity index (χ0n) is 18.4. The minimum atomic E-state index is -0.398. The van der Waals surface area contributed by atoms with E-state index in [0.717, 1.165) is 44.2 Å². The Balaban J connectivity index is 1.44. The molecule has 8 heteroatoms. The number of ether oxygens (including phenoxy) is 1. The maximum Gasteiger partial charge on any atom is 0.317 e. The van der Waals surface area contributed by atoms with Gasteiger partial charge in [0, 0.05) is 25.7 Å². The van der Waals surface area contributed by atoms with Gasteiger partial charge in [0.15, 0.2) is 11.6 Å². The number of amides is 2. The summed E-state index contributed by atoms with van der Waals surface area (Å²) in [7, 11) is 3.61. The molecule has 0 aliphatic heterocycles. The molecular weight excluding hydrogens is 397 g/mol. The molecule has 0 bridgehead atoms. The number of hydrogen-bond acceptors (Lipinski definition) is 4. The average molecular weight is 430 g/mol. The summed E-state index contributed by atoms with van der Waals surface area (Å²) in [5, 5.41) is 11.3. The van der Waals surface area contributed by atoms with Crippen molar-refractivity contribution >= 4 is 6.03 Å². The van der Waals surface area contributed by atoms with Crippen molar-refractivity contribution in [2.45, 2.75) is 76.5 Å². The van der Waals surface area contributed by atoms with Gasteiger partial charge in [-0.25, -0.2) is 13.9 Å². The largest absolute Gasteiger partial charge is 0.487 e. The van der Waals surface area contributed by atoms with E-state index in [1.54, 1.807) is 28.8 Å². The fraction of sp³-hybridized carbons (Fsp3) is 0.609. The number of halogens is 1. The zero-order valence-corrected chi connectivity index (χ0v) is 18.4. The summed E-state index contributed by atoms with van der Waals surface area (Å²) >= 11 is 0. The van der Waals surface area contributed by atoms with Gasteiger partial charge in [-0.2, -0.15) is 0 Å². The number of benzene rings is 1. The lowest BCUT2D eigenvalue weighted by Crippen LogP contribution is -2.42. The first-order valence-corrected chi connectivity index (χ1v) is 11.4. The average Bonchev–Trinajstić information content (AvgIpc) is 3.44. The first-order valence-electron chi connectivity index (χ1n) is 11.4. The summed E-state index contributed by atoms with van der Waals surface area (Å²) in [6, 6.07) is 5.11. The molecule has 0 radical (unpaired) electrons. The molecule has 1 aromatic heterocycles. The van der Waals surface area contributed by atoms with Gasteiger partial charge in [0.25, 0.3) is 0 Å². The Hall–Kier alpha value is -2.64. The number of aryl methyl sites for hydroxylation is 1. The normalized spacial score (nSPS) is 17.6. The Bertz CT molecular complexity index is 903. The van der Waals surface area contributed by atoms with Crippen LogP contribution >= 0.6 is 0 Å². The van der Waals surface area contributed by atoms with E-state index in [9.17, 15) is 9.18 Å². The topological polar surface area (TPSA) is 72.3 Å². The van der Waals surface area contributed by atoms with E-state index < -0.39 is 5.82 Å². The third kappa shape index (κ3) is 4.99. The number of aromatic nitrogens is 3. The molecule has 2 amide bonds. The molecule has 1 N–H and O–H groups in total. The second kappa shape index (κ2) is 9.66. The van der Waals surface area contributed by atoms with E-state index in [-0.39, 0.29) is 24.4 Å². The molecule has 2 saturated carbocycles. The van der Waals surface area contributed by atoms with Crippen LogP contribution in [0.15, 0.2) is 18.2 Å². The van der Waals surface area contributed by atoms with Gasteiger partial charge in [-0.05, 0) is 56.7 Å². The molecule has 168 valence electrons. The first kappa shape index (κ1) is 21.6. The van der Waals surface area contributed by atoms with Crippen molar-refractivity contribution in [2.24, 2.45) is 7.05 Å². The van der Waals surface area contributed by atoms with Gasteiger partial charge >= 0.3 is 6.03 Å². The number of carbonyl (C=O) groups excluding carboxylic acids is 1. The van der Waals surface area contributed by atoms with Crippen LogP contribution in [-0.4, -0.2) is 45.1 Å². The lowest BCUT2D eigenvalue weighted by Gasteiger charge is -2.24. The monoisotopic (exact) mass is 429 g/mol. The SMILES string of the molecule is CN(C(=O)NCc1c(-c2ccc(OC3CCCCC3)c(F)c2)nnn1C)C1CCCC1. The summed E-state index contributed by atoms with van der Waals surface area (Å²) in [5.41, 5.74) is 1.91. The molecule has 31 heavy (non-hydrogen) atoms. The van der Waals surface area contributed by atoms with Crippen molar-refractivity contribution in [3.63, 3.8) is 0 Å². The number of rotatable bonds is 6. The van der Waals surface area contributed by atoms with Crippen molar-refractivity contribution in [1.29, 1.82) is 0 Å². The fourth-order valence-corrected chi connectivity index (χ4v) is 4.65. The first-order chi connectivity index (χ1) is 15.0. The molecule has 1 heterocycles. The van der Waals surface area contributed by atoms with Crippen LogP contribution in [0, 0.1) is 5.82 Å². The third-order valence-electron chi connectivity index (χ3n) is 6.59. The molecule has 2 fully saturated rings. The van der Waals surface area contributed by atoms with Crippen LogP contribution in [0.2, 0.25) is 0 Å². The Morgan fingerprint density at radius 2 is 1.90 bits per heavy atom. The molecule has 2 aliphatic rings. The highest BCUT2D eigenvalue weighted by atomic mass is 19.1. The van der Waals surface area contributed by atoms with E-state index in [1.165, 1.54) is 25.3 Å². The van der Waals surface area contributed by atoms with Gasteiger partial charge in [-0.3, -0.25) is 0 Å². The summed E-state index contributed by atoms with van der Waals surface area (Å²) in [4.78, 5) is 14.3. The smallest absolute Gasteiger partial charge is 0.317 e. The fourth-order valence-electron chi connectivity index (χ4n) is 4.65. The summed E-state index contributed by atoms with van der Waals surface area (Å²) in [5.74, 6) is -0.114. The molecule has 7 nitrogen and oxygen atoms in total. The van der Waals surface area contributed by atoms with Crippen molar-refractivity contribution < 1.29 is 13.9 Å². The third-order valence-corrected chi connectivity index (χ3v) is 6.59. The van der Waals surface area contributed by atoms with Crippen molar-refractivity contribution in [1.82, 2.24) is 25.2 Å². The molecule has 1 aromatic carbocycles. The van der Waals surface area contributed by atoms with E-state index in [1.807, 2.05) is 7.05 Å². The number of nitrogens with zero attached hydrogens (tertiary/aromatic N) is 4. The van der Waals surface area contributed by atoms with E-state index in [0.29, 0.717) is 17.3 Å². The van der Waals surface area contributed by atoms with Crippen molar-refractivity contribution in [3.8, 4) is 17.0 Å². The number of hydrogen-bond donors (Lipinski definition) is 1. The maximum absolute atomic E-state index is 14.8. The van der Waals surface area contributed by atoms with Crippen LogP contribution in [0.1, 0.15) is 63.5 Å². The van der Waals surface area contributed by atoms with E-state index >= 15 is 0 Å². The molecule has 0 unspecified atom stereocenters. The summed E-state index contributed by atoms with van der Waals surface area (Å²) < 4.78 is 22.3. The Morgan fingerprint density at radius 1 is 1.19 bits per heavy atom. The molecule has 2 aliphatic carbocycles. The standard InChI is InChI=1S/C23H32FN5O2/c1-28(17-8-6-7-9-17)23(30)25-15-20-22(26-27-29(20)2)16-12-13-21(19(24)14-16)31-18-10-4-3-5-11-18/h12-14,17-18H,3-11,15H2,1-2H3,(H,25,30). The van der Waals surface area contributed by atoms with Gasteiger partial charge in [0.2, 0.25) is 0 Å². The minimum absolute atomic E-state index is 0.0910.